The largest absolute Gasteiger partial charge is 0.326 e. The van der Waals surface area contributed by atoms with Gasteiger partial charge in [-0.2, -0.15) is 0 Å². The summed E-state index contributed by atoms with van der Waals surface area (Å²) in [5.41, 5.74) is 7.24. The van der Waals surface area contributed by atoms with Gasteiger partial charge in [-0.1, -0.05) is 19.3 Å². The molecule has 2 N–H and O–H groups in total. The number of thiazole rings is 1. The molecule has 0 radical (unpaired) electrons. The van der Waals surface area contributed by atoms with Gasteiger partial charge in [0, 0.05) is 16.3 Å². The fraction of sp³-hybridized carbons (Fsp3) is 0.800. The van der Waals surface area contributed by atoms with Crippen LogP contribution in [-0.4, -0.2) is 10.5 Å². The van der Waals surface area contributed by atoms with E-state index in [0.717, 1.165) is 18.8 Å². The Morgan fingerprint density at radius 2 is 1.94 bits per heavy atom. The summed E-state index contributed by atoms with van der Waals surface area (Å²) in [5.74, 6) is 0.738. The summed E-state index contributed by atoms with van der Waals surface area (Å²) in [7, 11) is 0. The summed E-state index contributed by atoms with van der Waals surface area (Å²) in [6, 6.07) is 0. The minimum atomic E-state index is -0.0680. The molecule has 0 spiro atoms. The summed E-state index contributed by atoms with van der Waals surface area (Å²) < 4.78 is 0. The van der Waals surface area contributed by atoms with Crippen LogP contribution in [0.25, 0.3) is 0 Å². The predicted molar refractivity (Wildman–Crippen MR) is 79.3 cm³/mol. The van der Waals surface area contributed by atoms with Crippen LogP contribution in [-0.2, 0) is 6.42 Å². The fourth-order valence-corrected chi connectivity index (χ4v) is 3.88. The maximum atomic E-state index is 6.07. The smallest absolute Gasteiger partial charge is 0.0961 e. The minimum Gasteiger partial charge on any atom is -0.326 e. The molecule has 1 aliphatic rings. The van der Waals surface area contributed by atoms with Crippen molar-refractivity contribution in [1.29, 1.82) is 0 Å². The summed E-state index contributed by atoms with van der Waals surface area (Å²) >= 11 is 1.94. The van der Waals surface area contributed by atoms with Gasteiger partial charge in [0.15, 0.2) is 0 Å². The van der Waals surface area contributed by atoms with E-state index in [0.29, 0.717) is 0 Å². The number of aryl methyl sites for hydroxylation is 2. The number of hydrogen-bond acceptors (Lipinski definition) is 3. The highest BCUT2D eigenvalue weighted by Gasteiger charge is 2.21. The first-order chi connectivity index (χ1) is 8.46. The van der Waals surface area contributed by atoms with E-state index in [1.165, 1.54) is 47.7 Å². The Balaban J connectivity index is 2.02. The first-order valence-corrected chi connectivity index (χ1v) is 8.02. The summed E-state index contributed by atoms with van der Waals surface area (Å²) in [5, 5.41) is 1.39. The Kier molecular flexibility index (Phi) is 4.44. The number of aromatic nitrogens is 1. The lowest BCUT2D eigenvalue weighted by atomic mass is 9.90. The van der Waals surface area contributed by atoms with E-state index >= 15 is 0 Å². The van der Waals surface area contributed by atoms with Crippen LogP contribution in [0.2, 0.25) is 0 Å². The minimum absolute atomic E-state index is 0.0680. The average molecular weight is 266 g/mol. The Hall–Kier alpha value is -0.410. The molecule has 0 aromatic carbocycles. The second-order valence-electron chi connectivity index (χ2n) is 6.38. The lowest BCUT2D eigenvalue weighted by Gasteiger charge is -2.19. The van der Waals surface area contributed by atoms with Crippen molar-refractivity contribution in [3.05, 3.63) is 15.6 Å². The highest BCUT2D eigenvalue weighted by atomic mass is 32.1. The topological polar surface area (TPSA) is 38.9 Å². The van der Waals surface area contributed by atoms with Gasteiger partial charge in [-0.3, -0.25) is 0 Å². The van der Waals surface area contributed by atoms with Gasteiger partial charge in [-0.05, 0) is 46.5 Å². The van der Waals surface area contributed by atoms with Gasteiger partial charge in [0.1, 0.15) is 0 Å². The van der Waals surface area contributed by atoms with Crippen molar-refractivity contribution >= 4 is 11.3 Å². The summed E-state index contributed by atoms with van der Waals surface area (Å²) in [6.45, 7) is 6.36. The van der Waals surface area contributed by atoms with Crippen LogP contribution in [0.5, 0.6) is 0 Å². The third kappa shape index (κ3) is 3.79. The molecule has 1 heterocycles. The van der Waals surface area contributed by atoms with E-state index in [4.69, 9.17) is 10.7 Å². The number of hydrogen-bond donors (Lipinski definition) is 1. The van der Waals surface area contributed by atoms with Crippen LogP contribution in [0.15, 0.2) is 0 Å². The molecule has 1 aromatic rings. The lowest BCUT2D eigenvalue weighted by Crippen LogP contribution is -2.32. The first-order valence-electron chi connectivity index (χ1n) is 7.21. The Morgan fingerprint density at radius 1 is 1.28 bits per heavy atom. The van der Waals surface area contributed by atoms with E-state index in [2.05, 4.69) is 20.8 Å². The maximum Gasteiger partial charge on any atom is 0.0961 e. The molecule has 1 saturated carbocycles. The van der Waals surface area contributed by atoms with E-state index < -0.39 is 0 Å². The Bertz CT molecular complexity index is 384. The van der Waals surface area contributed by atoms with Crippen molar-refractivity contribution < 1.29 is 0 Å². The van der Waals surface area contributed by atoms with Gasteiger partial charge in [0.25, 0.3) is 0 Å². The third-order valence-corrected chi connectivity index (χ3v) is 5.24. The third-order valence-electron chi connectivity index (χ3n) is 3.86. The van der Waals surface area contributed by atoms with Gasteiger partial charge < -0.3 is 5.73 Å². The van der Waals surface area contributed by atoms with Gasteiger partial charge >= 0.3 is 0 Å². The molecule has 0 aliphatic heterocycles. The zero-order chi connectivity index (χ0) is 13.2. The molecule has 2 rings (SSSR count). The molecular weight excluding hydrogens is 240 g/mol. The molecular formula is C15H26N2S. The van der Waals surface area contributed by atoms with Crippen LogP contribution in [0.4, 0.5) is 0 Å². The van der Waals surface area contributed by atoms with Crippen molar-refractivity contribution in [1.82, 2.24) is 4.98 Å². The number of nitrogens with zero attached hydrogens (tertiary/aromatic N) is 1. The molecule has 0 unspecified atom stereocenters. The zero-order valence-corrected chi connectivity index (χ0v) is 12.8. The predicted octanol–water partition coefficient (Wildman–Crippen LogP) is 4.17. The zero-order valence-electron chi connectivity index (χ0n) is 12.0. The standard InChI is InChI=1S/C15H26N2S/c1-11-13(9-10-15(2,3)16)18-14(17-11)12-7-5-4-6-8-12/h12H,4-10,16H2,1-3H3. The van der Waals surface area contributed by atoms with Crippen LogP contribution < -0.4 is 5.73 Å². The Morgan fingerprint density at radius 3 is 2.56 bits per heavy atom. The second-order valence-corrected chi connectivity index (χ2v) is 7.50. The van der Waals surface area contributed by atoms with Gasteiger partial charge in [0.05, 0.1) is 10.7 Å². The van der Waals surface area contributed by atoms with Crippen molar-refractivity contribution in [3.63, 3.8) is 0 Å². The highest BCUT2D eigenvalue weighted by Crippen LogP contribution is 2.36. The second kappa shape index (κ2) is 5.70. The van der Waals surface area contributed by atoms with Crippen molar-refractivity contribution in [2.75, 3.05) is 0 Å². The first kappa shape index (κ1) is 14.0. The molecule has 0 bridgehead atoms. The van der Waals surface area contributed by atoms with Crippen LogP contribution >= 0.6 is 11.3 Å². The highest BCUT2D eigenvalue weighted by molar-refractivity contribution is 7.11. The van der Waals surface area contributed by atoms with Crippen molar-refractivity contribution in [2.45, 2.75) is 77.2 Å². The molecule has 1 fully saturated rings. The van der Waals surface area contributed by atoms with Crippen LogP contribution in [0.3, 0.4) is 0 Å². The summed E-state index contributed by atoms with van der Waals surface area (Å²) in [4.78, 5) is 6.27. The lowest BCUT2D eigenvalue weighted by molar-refractivity contribution is 0.442. The van der Waals surface area contributed by atoms with E-state index in [-0.39, 0.29) is 5.54 Å². The van der Waals surface area contributed by atoms with Crippen molar-refractivity contribution in [2.24, 2.45) is 5.73 Å². The normalized spacial score (nSPS) is 18.2. The summed E-state index contributed by atoms with van der Waals surface area (Å²) in [6.07, 6.45) is 8.99. The van der Waals surface area contributed by atoms with E-state index in [1.54, 1.807) is 0 Å². The van der Waals surface area contributed by atoms with Crippen LogP contribution in [0.1, 0.15) is 73.9 Å². The fourth-order valence-electron chi connectivity index (χ4n) is 2.64. The average Bonchev–Trinajstić information content (AvgIpc) is 2.68. The van der Waals surface area contributed by atoms with Crippen molar-refractivity contribution in [3.8, 4) is 0 Å². The molecule has 18 heavy (non-hydrogen) atoms. The molecule has 1 aliphatic carbocycles. The molecule has 0 atom stereocenters. The molecule has 1 aromatic heterocycles. The molecule has 2 nitrogen and oxygen atoms in total. The quantitative estimate of drug-likeness (QED) is 0.888. The van der Waals surface area contributed by atoms with Gasteiger partial charge in [0.2, 0.25) is 0 Å². The molecule has 102 valence electrons. The number of rotatable bonds is 4. The van der Waals surface area contributed by atoms with E-state index in [9.17, 15) is 0 Å². The van der Waals surface area contributed by atoms with Gasteiger partial charge in [-0.25, -0.2) is 4.98 Å². The van der Waals surface area contributed by atoms with Gasteiger partial charge in [-0.15, -0.1) is 11.3 Å². The molecule has 3 heteroatoms. The van der Waals surface area contributed by atoms with Crippen LogP contribution in [0, 0.1) is 6.92 Å². The Labute approximate surface area is 115 Å². The molecule has 0 saturated heterocycles. The van der Waals surface area contributed by atoms with E-state index in [1.807, 2.05) is 11.3 Å². The monoisotopic (exact) mass is 266 g/mol. The molecule has 0 amide bonds. The maximum absolute atomic E-state index is 6.07. The number of nitrogens with two attached hydrogens (primary N) is 1. The SMILES string of the molecule is Cc1nc(C2CCCCC2)sc1CCC(C)(C)N.